The molecular weight excluding hydrogens is 334 g/mol. The van der Waals surface area contributed by atoms with Gasteiger partial charge in [-0.25, -0.2) is 0 Å². The van der Waals surface area contributed by atoms with Crippen molar-refractivity contribution in [1.29, 1.82) is 0 Å². The summed E-state index contributed by atoms with van der Waals surface area (Å²) >= 11 is 1.80. The molecule has 6 nitrogen and oxygen atoms in total. The van der Waals surface area contributed by atoms with Crippen molar-refractivity contribution in [3.63, 3.8) is 0 Å². The van der Waals surface area contributed by atoms with E-state index in [4.69, 9.17) is 0 Å². The molecule has 7 heteroatoms. The lowest BCUT2D eigenvalue weighted by Gasteiger charge is -2.22. The van der Waals surface area contributed by atoms with E-state index in [1.807, 2.05) is 18.2 Å². The van der Waals surface area contributed by atoms with Crippen LogP contribution in [0.3, 0.4) is 0 Å². The third-order valence-electron chi connectivity index (χ3n) is 4.23. The zero-order valence-electron chi connectivity index (χ0n) is 14.4. The Kier molecular flexibility index (Phi) is 6.88. The molecule has 1 aliphatic heterocycles. The maximum atomic E-state index is 12.1. The minimum atomic E-state index is -0.141. The first-order valence-electron chi connectivity index (χ1n) is 8.88. The summed E-state index contributed by atoms with van der Waals surface area (Å²) in [6.45, 7) is 3.59. The minimum Gasteiger partial charge on any atom is -0.351 e. The number of nitrogens with zero attached hydrogens (tertiary/aromatic N) is 3. The molecule has 1 saturated heterocycles. The first kappa shape index (κ1) is 17.9. The second-order valence-electron chi connectivity index (χ2n) is 6.31. The van der Waals surface area contributed by atoms with Crippen LogP contribution in [0.2, 0.25) is 0 Å². The van der Waals surface area contributed by atoms with Gasteiger partial charge in [-0.05, 0) is 56.2 Å². The number of nitrogens with one attached hydrogen (secondary N) is 2. The molecule has 0 aliphatic carbocycles. The fourth-order valence-corrected chi connectivity index (χ4v) is 3.78. The van der Waals surface area contributed by atoms with Crippen LogP contribution in [0.25, 0.3) is 0 Å². The van der Waals surface area contributed by atoms with Gasteiger partial charge in [0.25, 0.3) is 5.91 Å². The van der Waals surface area contributed by atoms with Crippen LogP contribution >= 0.6 is 11.8 Å². The van der Waals surface area contributed by atoms with E-state index >= 15 is 0 Å². The Hall–Kier alpha value is -1.86. The van der Waals surface area contributed by atoms with Crippen LogP contribution in [0.15, 0.2) is 41.4 Å². The zero-order chi connectivity index (χ0) is 17.3. The van der Waals surface area contributed by atoms with Gasteiger partial charge >= 0.3 is 0 Å². The van der Waals surface area contributed by atoms with Gasteiger partial charge in [0.05, 0.1) is 6.20 Å². The Morgan fingerprint density at radius 2 is 2.24 bits per heavy atom. The SMILES string of the molecule is O=C(NCCCSc1ccccc1)c1cn(CC2CCCNC2)nn1. The molecule has 25 heavy (non-hydrogen) atoms. The first-order valence-corrected chi connectivity index (χ1v) is 9.87. The van der Waals surface area contributed by atoms with Crippen molar-refractivity contribution >= 4 is 17.7 Å². The van der Waals surface area contributed by atoms with Gasteiger partial charge in [-0.3, -0.25) is 9.48 Å². The number of hydrogen-bond acceptors (Lipinski definition) is 5. The van der Waals surface area contributed by atoms with Gasteiger partial charge < -0.3 is 10.6 Å². The fraction of sp³-hybridized carbons (Fsp3) is 0.500. The Balaban J connectivity index is 1.35. The summed E-state index contributed by atoms with van der Waals surface area (Å²) in [4.78, 5) is 13.4. The number of amides is 1. The molecule has 1 atom stereocenters. The summed E-state index contributed by atoms with van der Waals surface area (Å²) in [6.07, 6.45) is 5.08. The molecule has 2 N–H and O–H groups in total. The average molecular weight is 359 g/mol. The molecule has 0 bridgehead atoms. The molecule has 0 saturated carbocycles. The number of carbonyl (C=O) groups excluding carboxylic acids is 1. The largest absolute Gasteiger partial charge is 0.351 e. The summed E-state index contributed by atoms with van der Waals surface area (Å²) in [5.74, 6) is 1.41. The van der Waals surface area contributed by atoms with Gasteiger partial charge in [-0.1, -0.05) is 23.4 Å². The summed E-state index contributed by atoms with van der Waals surface area (Å²) in [5, 5.41) is 14.4. The van der Waals surface area contributed by atoms with Crippen molar-refractivity contribution in [2.45, 2.75) is 30.7 Å². The highest BCUT2D eigenvalue weighted by Gasteiger charge is 2.16. The number of aromatic nitrogens is 3. The van der Waals surface area contributed by atoms with Crippen LogP contribution < -0.4 is 10.6 Å². The van der Waals surface area contributed by atoms with E-state index in [2.05, 4.69) is 33.1 Å². The molecule has 0 spiro atoms. The second-order valence-corrected chi connectivity index (χ2v) is 7.48. The first-order chi connectivity index (χ1) is 12.3. The van der Waals surface area contributed by atoms with Crippen LogP contribution in [0, 0.1) is 5.92 Å². The van der Waals surface area contributed by atoms with Gasteiger partial charge in [0.1, 0.15) is 0 Å². The van der Waals surface area contributed by atoms with Crippen LogP contribution in [0.4, 0.5) is 0 Å². The number of rotatable bonds is 8. The standard InChI is InChI=1S/C18H25N5OS/c24-18(20-10-5-11-25-16-7-2-1-3-8-16)17-14-23(22-21-17)13-15-6-4-9-19-12-15/h1-3,7-8,14-15,19H,4-6,9-13H2,(H,20,24). The van der Waals surface area contributed by atoms with Crippen molar-refractivity contribution in [2.75, 3.05) is 25.4 Å². The summed E-state index contributed by atoms with van der Waals surface area (Å²) in [7, 11) is 0. The number of benzene rings is 1. The quantitative estimate of drug-likeness (QED) is 0.558. The molecular formula is C18H25N5OS. The molecule has 1 unspecified atom stereocenters. The summed E-state index contributed by atoms with van der Waals surface area (Å²) in [6, 6.07) is 10.3. The second kappa shape index (κ2) is 9.58. The lowest BCUT2D eigenvalue weighted by atomic mass is 10.00. The maximum Gasteiger partial charge on any atom is 0.273 e. The molecule has 134 valence electrons. The van der Waals surface area contributed by atoms with Crippen molar-refractivity contribution in [1.82, 2.24) is 25.6 Å². The van der Waals surface area contributed by atoms with Gasteiger partial charge in [-0.15, -0.1) is 16.9 Å². The highest BCUT2D eigenvalue weighted by Crippen LogP contribution is 2.17. The molecule has 1 aromatic heterocycles. The maximum absolute atomic E-state index is 12.1. The third kappa shape index (κ3) is 5.86. The van der Waals surface area contributed by atoms with E-state index < -0.39 is 0 Å². The number of thioether (sulfide) groups is 1. The van der Waals surface area contributed by atoms with Crippen LogP contribution in [0.1, 0.15) is 29.8 Å². The van der Waals surface area contributed by atoms with E-state index in [0.29, 0.717) is 18.2 Å². The van der Waals surface area contributed by atoms with Gasteiger partial charge in [-0.2, -0.15) is 0 Å². The highest BCUT2D eigenvalue weighted by molar-refractivity contribution is 7.99. The minimum absolute atomic E-state index is 0.141. The molecule has 1 amide bonds. The smallest absolute Gasteiger partial charge is 0.273 e. The summed E-state index contributed by atoms with van der Waals surface area (Å²) in [5.41, 5.74) is 0.402. The van der Waals surface area contributed by atoms with Crippen molar-refractivity contribution in [2.24, 2.45) is 5.92 Å². The predicted octanol–water partition coefficient (Wildman–Crippen LogP) is 2.19. The molecule has 1 fully saturated rings. The lowest BCUT2D eigenvalue weighted by Crippen LogP contribution is -2.32. The van der Waals surface area contributed by atoms with Gasteiger partial charge in [0, 0.05) is 18.0 Å². The van der Waals surface area contributed by atoms with E-state index in [9.17, 15) is 4.79 Å². The topological polar surface area (TPSA) is 71.8 Å². The summed E-state index contributed by atoms with van der Waals surface area (Å²) < 4.78 is 1.79. The zero-order valence-corrected chi connectivity index (χ0v) is 15.2. The van der Waals surface area contributed by atoms with Crippen LogP contribution in [-0.2, 0) is 6.54 Å². The molecule has 3 rings (SSSR count). The van der Waals surface area contributed by atoms with Crippen LogP contribution in [0.5, 0.6) is 0 Å². The normalized spacial score (nSPS) is 17.4. The average Bonchev–Trinajstić information content (AvgIpc) is 3.11. The monoisotopic (exact) mass is 359 g/mol. The molecule has 2 aromatic rings. The Bertz CT molecular complexity index is 654. The van der Waals surface area contributed by atoms with E-state index in [-0.39, 0.29) is 5.91 Å². The van der Waals surface area contributed by atoms with Gasteiger partial charge in [0.15, 0.2) is 5.69 Å². The third-order valence-corrected chi connectivity index (χ3v) is 5.33. The van der Waals surface area contributed by atoms with Crippen LogP contribution in [-0.4, -0.2) is 46.3 Å². The predicted molar refractivity (Wildman–Crippen MR) is 99.7 cm³/mol. The number of carbonyl (C=O) groups is 1. The Labute approximate surface area is 152 Å². The van der Waals surface area contributed by atoms with E-state index in [0.717, 1.165) is 31.8 Å². The lowest BCUT2D eigenvalue weighted by molar-refractivity contribution is 0.0948. The van der Waals surface area contributed by atoms with Gasteiger partial charge in [0.2, 0.25) is 0 Å². The van der Waals surface area contributed by atoms with Crippen molar-refractivity contribution in [3.8, 4) is 0 Å². The Morgan fingerprint density at radius 3 is 3.04 bits per heavy atom. The molecule has 2 heterocycles. The number of hydrogen-bond donors (Lipinski definition) is 2. The molecule has 0 radical (unpaired) electrons. The van der Waals surface area contributed by atoms with E-state index in [1.165, 1.54) is 17.7 Å². The number of piperidine rings is 1. The van der Waals surface area contributed by atoms with Crippen molar-refractivity contribution < 1.29 is 4.79 Å². The highest BCUT2D eigenvalue weighted by atomic mass is 32.2. The van der Waals surface area contributed by atoms with Crippen molar-refractivity contribution in [3.05, 3.63) is 42.2 Å². The molecule has 1 aromatic carbocycles. The molecule has 1 aliphatic rings. The van der Waals surface area contributed by atoms with E-state index in [1.54, 1.807) is 22.6 Å². The Morgan fingerprint density at radius 1 is 1.36 bits per heavy atom. The fourth-order valence-electron chi connectivity index (χ4n) is 2.91.